The van der Waals surface area contributed by atoms with Gasteiger partial charge < -0.3 is 10.2 Å². The molecule has 5 unspecified atom stereocenters. The van der Waals surface area contributed by atoms with Crippen molar-refractivity contribution < 1.29 is 4.79 Å². The average molecular weight is 465 g/mol. The lowest BCUT2D eigenvalue weighted by Gasteiger charge is -2.49. The van der Waals surface area contributed by atoms with Crippen molar-refractivity contribution in [2.45, 2.75) is 44.6 Å². The van der Waals surface area contributed by atoms with E-state index < -0.39 is 0 Å². The van der Waals surface area contributed by atoms with Crippen molar-refractivity contribution in [1.29, 1.82) is 0 Å². The Bertz CT molecular complexity index is 1150. The highest BCUT2D eigenvalue weighted by Gasteiger charge is 2.49. The number of piperidine rings is 1. The fourth-order valence-electron chi connectivity index (χ4n) is 7.24. The van der Waals surface area contributed by atoms with Crippen LogP contribution in [0.4, 0.5) is 5.69 Å². The van der Waals surface area contributed by atoms with Crippen LogP contribution in [0.15, 0.2) is 91.1 Å². The predicted molar refractivity (Wildman–Crippen MR) is 143 cm³/mol. The predicted octanol–water partition coefficient (Wildman–Crippen LogP) is 6.83. The molecule has 1 heterocycles. The molecule has 3 aliphatic carbocycles. The topological polar surface area (TPSA) is 32.3 Å². The number of nitrogens with one attached hydrogen (secondary N) is 1. The zero-order chi connectivity index (χ0) is 23.8. The van der Waals surface area contributed by atoms with Gasteiger partial charge in [0.25, 0.3) is 5.91 Å². The molecule has 6 atom stereocenters. The third kappa shape index (κ3) is 4.21. The van der Waals surface area contributed by atoms with Gasteiger partial charge in [-0.05, 0) is 79.8 Å². The van der Waals surface area contributed by atoms with Gasteiger partial charge in [-0.2, -0.15) is 0 Å². The van der Waals surface area contributed by atoms with Crippen LogP contribution in [0.25, 0.3) is 0 Å². The maximum absolute atomic E-state index is 12.4. The van der Waals surface area contributed by atoms with E-state index in [1.807, 2.05) is 30.3 Å². The van der Waals surface area contributed by atoms with E-state index in [1.54, 1.807) is 0 Å². The van der Waals surface area contributed by atoms with Gasteiger partial charge in [0, 0.05) is 35.2 Å². The molecule has 1 aliphatic heterocycles. The first-order valence-electron chi connectivity index (χ1n) is 13.4. The first-order chi connectivity index (χ1) is 17.1. The quantitative estimate of drug-likeness (QED) is 0.503. The van der Waals surface area contributed by atoms with E-state index in [4.69, 9.17) is 0 Å². The van der Waals surface area contributed by atoms with Crippen molar-refractivity contribution in [1.82, 2.24) is 4.90 Å². The lowest BCUT2D eigenvalue weighted by atomic mass is 9.62. The van der Waals surface area contributed by atoms with Crippen LogP contribution in [0.5, 0.6) is 0 Å². The molecule has 0 aromatic heterocycles. The molecule has 0 bridgehead atoms. The third-order valence-corrected chi connectivity index (χ3v) is 9.28. The molecule has 2 fully saturated rings. The summed E-state index contributed by atoms with van der Waals surface area (Å²) in [4.78, 5) is 15.2. The molecule has 6 rings (SSSR count). The summed E-state index contributed by atoms with van der Waals surface area (Å²) < 4.78 is 0. The second kappa shape index (κ2) is 9.28. The fraction of sp³-hybridized carbons (Fsp3) is 0.406. The minimum atomic E-state index is -0.0561. The van der Waals surface area contributed by atoms with E-state index in [9.17, 15) is 4.79 Å². The number of amides is 1. The molecule has 0 radical (unpaired) electrons. The van der Waals surface area contributed by atoms with Crippen LogP contribution in [0, 0.1) is 23.2 Å². The Morgan fingerprint density at radius 3 is 2.57 bits per heavy atom. The lowest BCUT2D eigenvalue weighted by Crippen LogP contribution is -2.51. The zero-order valence-electron chi connectivity index (χ0n) is 20.6. The Balaban J connectivity index is 1.06. The molecule has 4 aliphatic rings. The van der Waals surface area contributed by atoms with Crippen LogP contribution in [-0.2, 0) is 0 Å². The molecule has 1 saturated carbocycles. The summed E-state index contributed by atoms with van der Waals surface area (Å²) in [6.07, 6.45) is 19.4. The normalized spacial score (nSPS) is 33.8. The van der Waals surface area contributed by atoms with E-state index >= 15 is 0 Å². The molecular weight excluding hydrogens is 428 g/mol. The molecule has 1 N–H and O–H groups in total. The molecule has 35 heavy (non-hydrogen) atoms. The van der Waals surface area contributed by atoms with Gasteiger partial charge in [0.1, 0.15) is 0 Å². The summed E-state index contributed by atoms with van der Waals surface area (Å²) in [6, 6.07) is 18.6. The first-order valence-corrected chi connectivity index (χ1v) is 13.4. The van der Waals surface area contributed by atoms with Crippen LogP contribution in [0.3, 0.4) is 0 Å². The highest BCUT2D eigenvalue weighted by molar-refractivity contribution is 6.04. The van der Waals surface area contributed by atoms with Crippen molar-refractivity contribution in [2.24, 2.45) is 23.2 Å². The van der Waals surface area contributed by atoms with Crippen LogP contribution < -0.4 is 5.32 Å². The third-order valence-electron chi connectivity index (χ3n) is 9.28. The lowest BCUT2D eigenvalue weighted by molar-refractivity contribution is 0.0265. The Hall–Kier alpha value is -2.91. The monoisotopic (exact) mass is 464 g/mol. The molecule has 2 aromatic rings. The maximum atomic E-state index is 12.4. The molecule has 180 valence electrons. The molecule has 3 heteroatoms. The minimum Gasteiger partial charge on any atom is -0.322 e. The van der Waals surface area contributed by atoms with Crippen molar-refractivity contribution in [2.75, 3.05) is 18.4 Å². The maximum Gasteiger partial charge on any atom is 0.255 e. The minimum absolute atomic E-state index is 0.0561. The van der Waals surface area contributed by atoms with Crippen LogP contribution in [-0.4, -0.2) is 29.9 Å². The van der Waals surface area contributed by atoms with Crippen LogP contribution >= 0.6 is 0 Å². The van der Waals surface area contributed by atoms with Crippen molar-refractivity contribution in [3.05, 3.63) is 102 Å². The molecule has 1 amide bonds. The smallest absolute Gasteiger partial charge is 0.255 e. The van der Waals surface area contributed by atoms with Crippen molar-refractivity contribution in [3.8, 4) is 0 Å². The fourth-order valence-corrected chi connectivity index (χ4v) is 7.24. The summed E-state index contributed by atoms with van der Waals surface area (Å²) in [7, 11) is 0. The van der Waals surface area contributed by atoms with E-state index in [0.717, 1.165) is 5.69 Å². The van der Waals surface area contributed by atoms with Crippen LogP contribution in [0.1, 0.15) is 54.4 Å². The molecular formula is C32H36N2O. The van der Waals surface area contributed by atoms with E-state index in [-0.39, 0.29) is 5.91 Å². The van der Waals surface area contributed by atoms with Gasteiger partial charge >= 0.3 is 0 Å². The first kappa shape index (κ1) is 22.5. The van der Waals surface area contributed by atoms with Gasteiger partial charge in [-0.15, -0.1) is 0 Å². The Labute approximate surface area is 209 Å². The SMILES string of the molecule is C[C@H]1CN(C2CCC(c3ccc(NC(=O)c4ccccc4)cc3)C2)CCC12C=CC1C=CC=CC12. The summed E-state index contributed by atoms with van der Waals surface area (Å²) in [5.41, 5.74) is 3.31. The Kier molecular flexibility index (Phi) is 5.98. The summed E-state index contributed by atoms with van der Waals surface area (Å²) in [5.74, 6) is 2.50. The number of hydrogen-bond acceptors (Lipinski definition) is 2. The van der Waals surface area contributed by atoms with E-state index in [2.05, 4.69) is 77.9 Å². The number of carbonyl (C=O) groups excluding carboxylic acids is 1. The summed E-state index contributed by atoms with van der Waals surface area (Å²) >= 11 is 0. The summed E-state index contributed by atoms with van der Waals surface area (Å²) in [6.45, 7) is 4.92. The van der Waals surface area contributed by atoms with Gasteiger partial charge in [-0.1, -0.05) is 73.7 Å². The Morgan fingerprint density at radius 1 is 0.971 bits per heavy atom. The molecule has 1 spiro atoms. The molecule has 1 saturated heterocycles. The second-order valence-corrected chi connectivity index (χ2v) is 11.1. The second-order valence-electron chi connectivity index (χ2n) is 11.1. The average Bonchev–Trinajstić information content (AvgIpc) is 3.54. The number of rotatable bonds is 4. The Morgan fingerprint density at radius 2 is 1.77 bits per heavy atom. The van der Waals surface area contributed by atoms with Gasteiger partial charge in [-0.3, -0.25) is 4.79 Å². The highest BCUT2D eigenvalue weighted by Crippen LogP contribution is 2.54. The standard InChI is InChI=1S/C32H36N2O/c1-23-22-34(20-19-32(23)18-17-25-7-5-6-10-30(25)32)29-16-13-27(21-29)24-11-14-28(15-12-24)33-31(35)26-8-3-2-4-9-26/h2-12,14-15,17-18,23,25,27,29-30H,13,16,19-22H2,1H3,(H,33,35)/t23-,25?,27?,29?,30?,32?/m0/s1. The number of fused-ring (bicyclic) bond motifs is 2. The number of anilines is 1. The molecule has 3 nitrogen and oxygen atoms in total. The largest absolute Gasteiger partial charge is 0.322 e. The van der Waals surface area contributed by atoms with Crippen LogP contribution in [0.2, 0.25) is 0 Å². The highest BCUT2D eigenvalue weighted by atomic mass is 16.1. The van der Waals surface area contributed by atoms with Crippen molar-refractivity contribution in [3.63, 3.8) is 0 Å². The number of nitrogens with zero attached hydrogens (tertiary/aromatic N) is 1. The molecule has 2 aromatic carbocycles. The number of benzene rings is 2. The van der Waals surface area contributed by atoms with Gasteiger partial charge in [-0.25, -0.2) is 0 Å². The van der Waals surface area contributed by atoms with E-state index in [0.29, 0.717) is 40.7 Å². The van der Waals surface area contributed by atoms with Gasteiger partial charge in [0.15, 0.2) is 0 Å². The van der Waals surface area contributed by atoms with E-state index in [1.165, 1.54) is 44.3 Å². The summed E-state index contributed by atoms with van der Waals surface area (Å²) in [5, 5.41) is 3.02. The number of carbonyl (C=O) groups is 1. The van der Waals surface area contributed by atoms with Gasteiger partial charge in [0.2, 0.25) is 0 Å². The van der Waals surface area contributed by atoms with Gasteiger partial charge in [0.05, 0.1) is 0 Å². The van der Waals surface area contributed by atoms with Crippen molar-refractivity contribution >= 4 is 11.6 Å². The number of allylic oxidation sites excluding steroid dienone is 6. The zero-order valence-corrected chi connectivity index (χ0v) is 20.6. The number of likely N-dealkylation sites (tertiary alicyclic amines) is 1. The number of hydrogen-bond donors (Lipinski definition) is 1.